The largest absolute Gasteiger partial charge is 0.493 e. The lowest BCUT2D eigenvalue weighted by molar-refractivity contribution is -0.0367. The van der Waals surface area contributed by atoms with Gasteiger partial charge in [0.25, 0.3) is 0 Å². The first-order valence-electron chi connectivity index (χ1n) is 12.0. The molecule has 1 unspecified atom stereocenters. The zero-order chi connectivity index (χ0) is 23.0. The van der Waals surface area contributed by atoms with Crippen LogP contribution in [-0.2, 0) is 14.9 Å². The molecule has 0 amide bonds. The molecule has 2 aliphatic heterocycles. The van der Waals surface area contributed by atoms with Crippen molar-refractivity contribution in [1.82, 2.24) is 10.2 Å². The molecule has 0 aromatic heterocycles. The molecular weight excluding hydrogens is 406 g/mol. The number of piperidine rings is 1. The molecule has 1 aromatic carbocycles. The maximum Gasteiger partial charge on any atom is 0.193 e. The van der Waals surface area contributed by atoms with E-state index in [1.807, 2.05) is 6.07 Å². The molecule has 0 spiro atoms. The summed E-state index contributed by atoms with van der Waals surface area (Å²) in [6.07, 6.45) is 4.96. The van der Waals surface area contributed by atoms with Gasteiger partial charge < -0.3 is 29.2 Å². The standard InChI is InChI=1S/C25H41N3O4/c1-6-26-24(28-13-11-20(12-14-28)32-17-21-8-7-15-31-21)27-18-25(2,3)19-9-10-22(29-4)23(16-19)30-5/h9-10,16,20-21H,6-8,11-15,17-18H2,1-5H3,(H,26,27). The van der Waals surface area contributed by atoms with Crippen LogP contribution in [0.2, 0.25) is 0 Å². The first-order chi connectivity index (χ1) is 15.5. The van der Waals surface area contributed by atoms with Crippen molar-refractivity contribution in [3.63, 3.8) is 0 Å². The van der Waals surface area contributed by atoms with E-state index >= 15 is 0 Å². The molecule has 2 saturated heterocycles. The highest BCUT2D eigenvalue weighted by molar-refractivity contribution is 5.80. The van der Waals surface area contributed by atoms with Gasteiger partial charge in [-0.25, -0.2) is 0 Å². The van der Waals surface area contributed by atoms with Gasteiger partial charge in [-0.05, 0) is 50.3 Å². The van der Waals surface area contributed by atoms with E-state index in [1.54, 1.807) is 14.2 Å². The molecule has 2 aliphatic rings. The number of aliphatic imine (C=N–C) groups is 1. The van der Waals surface area contributed by atoms with E-state index in [9.17, 15) is 0 Å². The number of guanidine groups is 1. The van der Waals surface area contributed by atoms with Gasteiger partial charge in [0, 0.05) is 31.7 Å². The summed E-state index contributed by atoms with van der Waals surface area (Å²) in [4.78, 5) is 7.38. The van der Waals surface area contributed by atoms with Crippen LogP contribution in [-0.4, -0.2) is 76.7 Å². The third kappa shape index (κ3) is 6.51. The van der Waals surface area contributed by atoms with Gasteiger partial charge in [-0.2, -0.15) is 0 Å². The minimum atomic E-state index is -0.136. The fraction of sp³-hybridized carbons (Fsp3) is 0.720. The average Bonchev–Trinajstić information content (AvgIpc) is 3.34. The first kappa shape index (κ1) is 24.6. The number of methoxy groups -OCH3 is 2. The van der Waals surface area contributed by atoms with Gasteiger partial charge in [-0.15, -0.1) is 0 Å². The molecule has 1 N–H and O–H groups in total. The number of nitrogens with zero attached hydrogens (tertiary/aromatic N) is 2. The van der Waals surface area contributed by atoms with E-state index in [0.29, 0.717) is 18.8 Å². The van der Waals surface area contributed by atoms with E-state index in [0.717, 1.165) is 76.0 Å². The summed E-state index contributed by atoms with van der Waals surface area (Å²) in [5, 5.41) is 3.48. The van der Waals surface area contributed by atoms with Crippen LogP contribution in [0.1, 0.15) is 52.0 Å². The Hall–Kier alpha value is -1.99. The monoisotopic (exact) mass is 447 g/mol. The molecule has 0 saturated carbocycles. The molecule has 1 atom stereocenters. The normalized spacial score (nSPS) is 20.5. The number of hydrogen-bond acceptors (Lipinski definition) is 5. The second-order valence-corrected chi connectivity index (χ2v) is 9.28. The quantitative estimate of drug-likeness (QED) is 0.461. The van der Waals surface area contributed by atoms with Crippen LogP contribution >= 0.6 is 0 Å². The molecule has 3 rings (SSSR count). The zero-order valence-electron chi connectivity index (χ0n) is 20.5. The predicted octanol–water partition coefficient (Wildman–Crippen LogP) is 3.61. The first-order valence-corrected chi connectivity index (χ1v) is 12.0. The fourth-order valence-electron chi connectivity index (χ4n) is 4.30. The van der Waals surface area contributed by atoms with Crippen molar-refractivity contribution >= 4 is 5.96 Å². The highest BCUT2D eigenvalue weighted by Gasteiger charge is 2.26. The predicted molar refractivity (Wildman–Crippen MR) is 128 cm³/mol. The molecule has 32 heavy (non-hydrogen) atoms. The molecule has 7 heteroatoms. The average molecular weight is 448 g/mol. The lowest BCUT2D eigenvalue weighted by Crippen LogP contribution is -2.47. The van der Waals surface area contributed by atoms with Crippen LogP contribution in [0.15, 0.2) is 23.2 Å². The highest BCUT2D eigenvalue weighted by atomic mass is 16.5. The van der Waals surface area contributed by atoms with Gasteiger partial charge in [0.05, 0.1) is 39.6 Å². The Morgan fingerprint density at radius 2 is 1.91 bits per heavy atom. The molecule has 2 fully saturated rings. The van der Waals surface area contributed by atoms with Crippen LogP contribution in [0.3, 0.4) is 0 Å². The van der Waals surface area contributed by atoms with Gasteiger partial charge in [0.1, 0.15) is 0 Å². The lowest BCUT2D eigenvalue weighted by atomic mass is 9.84. The maximum atomic E-state index is 6.13. The highest BCUT2D eigenvalue weighted by Crippen LogP contribution is 2.33. The number of benzene rings is 1. The Morgan fingerprint density at radius 1 is 1.16 bits per heavy atom. The molecule has 180 valence electrons. The van der Waals surface area contributed by atoms with Gasteiger partial charge in [0.15, 0.2) is 17.5 Å². The second kappa shape index (κ2) is 11.8. The summed E-state index contributed by atoms with van der Waals surface area (Å²) >= 11 is 0. The van der Waals surface area contributed by atoms with Gasteiger partial charge in [0.2, 0.25) is 0 Å². The molecular formula is C25H41N3O4. The third-order valence-corrected chi connectivity index (χ3v) is 6.41. The number of nitrogens with one attached hydrogen (secondary N) is 1. The topological polar surface area (TPSA) is 64.6 Å². The summed E-state index contributed by atoms with van der Waals surface area (Å²) in [5.74, 6) is 2.48. The number of hydrogen-bond donors (Lipinski definition) is 1. The van der Waals surface area contributed by atoms with Crippen LogP contribution in [0.25, 0.3) is 0 Å². The van der Waals surface area contributed by atoms with Gasteiger partial charge in [-0.1, -0.05) is 19.9 Å². The van der Waals surface area contributed by atoms with E-state index < -0.39 is 0 Å². The second-order valence-electron chi connectivity index (χ2n) is 9.28. The van der Waals surface area contributed by atoms with Crippen molar-refractivity contribution in [2.24, 2.45) is 4.99 Å². The SMILES string of the molecule is CCNC(=NCC(C)(C)c1ccc(OC)c(OC)c1)N1CCC(OCC2CCCO2)CC1. The van der Waals surface area contributed by atoms with Crippen molar-refractivity contribution < 1.29 is 18.9 Å². The van der Waals surface area contributed by atoms with Crippen LogP contribution in [0.5, 0.6) is 11.5 Å². The van der Waals surface area contributed by atoms with E-state index in [4.69, 9.17) is 23.9 Å². The van der Waals surface area contributed by atoms with Crippen LogP contribution in [0.4, 0.5) is 0 Å². The summed E-state index contributed by atoms with van der Waals surface area (Å²) < 4.78 is 22.7. The summed E-state index contributed by atoms with van der Waals surface area (Å²) in [6, 6.07) is 6.12. The maximum absolute atomic E-state index is 6.13. The number of likely N-dealkylation sites (tertiary alicyclic amines) is 1. The zero-order valence-corrected chi connectivity index (χ0v) is 20.5. The summed E-state index contributed by atoms with van der Waals surface area (Å²) in [6.45, 7) is 11.6. The van der Waals surface area contributed by atoms with E-state index in [1.165, 1.54) is 5.56 Å². The van der Waals surface area contributed by atoms with Crippen LogP contribution < -0.4 is 14.8 Å². The minimum Gasteiger partial charge on any atom is -0.493 e. The number of rotatable bonds is 9. The van der Waals surface area contributed by atoms with Gasteiger partial charge in [-0.3, -0.25) is 4.99 Å². The van der Waals surface area contributed by atoms with Crippen molar-refractivity contribution in [3.8, 4) is 11.5 Å². The number of ether oxygens (including phenoxy) is 4. The van der Waals surface area contributed by atoms with E-state index in [-0.39, 0.29) is 5.41 Å². The Labute approximate surface area is 193 Å². The fourth-order valence-corrected chi connectivity index (χ4v) is 4.30. The minimum absolute atomic E-state index is 0.136. The molecule has 2 heterocycles. The lowest BCUT2D eigenvalue weighted by Gasteiger charge is -2.35. The summed E-state index contributed by atoms with van der Waals surface area (Å²) in [7, 11) is 3.33. The van der Waals surface area contributed by atoms with Gasteiger partial charge >= 0.3 is 0 Å². The molecule has 0 radical (unpaired) electrons. The van der Waals surface area contributed by atoms with E-state index in [2.05, 4.69) is 43.1 Å². The molecule has 0 aliphatic carbocycles. The Balaban J connectivity index is 1.58. The smallest absolute Gasteiger partial charge is 0.193 e. The van der Waals surface area contributed by atoms with Crippen LogP contribution in [0, 0.1) is 0 Å². The third-order valence-electron chi connectivity index (χ3n) is 6.41. The molecule has 0 bridgehead atoms. The Bertz CT molecular complexity index is 739. The summed E-state index contributed by atoms with van der Waals surface area (Å²) in [5.41, 5.74) is 1.04. The van der Waals surface area contributed by atoms with Crippen molar-refractivity contribution in [1.29, 1.82) is 0 Å². The molecule has 7 nitrogen and oxygen atoms in total. The Morgan fingerprint density at radius 3 is 2.53 bits per heavy atom. The van der Waals surface area contributed by atoms with Crippen molar-refractivity contribution in [2.45, 2.75) is 64.1 Å². The molecule has 1 aromatic rings. The van der Waals surface area contributed by atoms with Crippen molar-refractivity contribution in [2.75, 3.05) is 53.6 Å². The van der Waals surface area contributed by atoms with Crippen molar-refractivity contribution in [3.05, 3.63) is 23.8 Å². The Kier molecular flexibility index (Phi) is 9.05.